The minimum absolute atomic E-state index is 0.274. The van der Waals surface area contributed by atoms with Crippen molar-refractivity contribution in [1.82, 2.24) is 0 Å². The summed E-state index contributed by atoms with van der Waals surface area (Å²) in [6.45, 7) is 7.90. The van der Waals surface area contributed by atoms with Crippen LogP contribution in [-0.4, -0.2) is 11.0 Å². The Bertz CT molecular complexity index is 379. The van der Waals surface area contributed by atoms with Gasteiger partial charge in [0.05, 0.1) is 0 Å². The maximum atomic E-state index is 11.2. The largest absolute Gasteiger partial charge is 0.281 e. The second-order valence-electron chi connectivity index (χ2n) is 4.77. The smallest absolute Gasteiger partial charge is 0.228 e. The Balaban J connectivity index is 2.71. The molecule has 0 spiro atoms. The second kappa shape index (κ2) is 5.24. The van der Waals surface area contributed by atoms with Crippen LogP contribution in [0.25, 0.3) is 0 Å². The molecule has 0 atom stereocenters. The van der Waals surface area contributed by atoms with Crippen molar-refractivity contribution in [2.24, 2.45) is 5.41 Å². The number of aryl methyl sites for hydroxylation is 2. The molecule has 1 aromatic carbocycles. The molecular weight excluding hydrogens is 240 g/mol. The van der Waals surface area contributed by atoms with Gasteiger partial charge in [-0.25, -0.2) is 0 Å². The molecule has 0 saturated heterocycles. The zero-order valence-electron chi connectivity index (χ0n) is 10.1. The third kappa shape index (κ3) is 3.84. The van der Waals surface area contributed by atoms with Crippen LogP contribution in [0.5, 0.6) is 0 Å². The summed E-state index contributed by atoms with van der Waals surface area (Å²) in [6.07, 6.45) is 0. The molecule has 0 aliphatic rings. The third-order valence-corrected chi connectivity index (χ3v) is 4.27. The van der Waals surface area contributed by atoms with Gasteiger partial charge in [0.2, 0.25) is 5.24 Å². The normalized spacial score (nSPS) is 11.6. The summed E-state index contributed by atoms with van der Waals surface area (Å²) in [5.41, 5.74) is 2.03. The van der Waals surface area contributed by atoms with Gasteiger partial charge in [-0.2, -0.15) is 0 Å². The molecule has 1 rings (SSSR count). The van der Waals surface area contributed by atoms with Crippen LogP contribution in [-0.2, 0) is 4.79 Å². The summed E-state index contributed by atoms with van der Waals surface area (Å²) in [6, 6.07) is 6.40. The number of hydrogen-bond donors (Lipinski definition) is 0. The predicted octanol–water partition coefficient (Wildman–Crippen LogP) is 4.19. The Morgan fingerprint density at radius 1 is 1.25 bits per heavy atom. The fraction of sp³-hybridized carbons (Fsp3) is 0.462. The summed E-state index contributed by atoms with van der Waals surface area (Å²) in [7, 11) is 0. The molecule has 88 valence electrons. The van der Waals surface area contributed by atoms with Crippen molar-refractivity contribution < 1.29 is 4.79 Å². The molecule has 0 amide bonds. The first-order valence-electron chi connectivity index (χ1n) is 5.22. The van der Waals surface area contributed by atoms with E-state index in [9.17, 15) is 4.79 Å². The van der Waals surface area contributed by atoms with Crippen LogP contribution >= 0.6 is 23.4 Å². The molecule has 0 saturated carbocycles. The Hall–Kier alpha value is -0.470. The number of halogens is 1. The third-order valence-electron chi connectivity index (χ3n) is 2.33. The Morgan fingerprint density at radius 3 is 2.19 bits per heavy atom. The fourth-order valence-corrected chi connectivity index (χ4v) is 2.68. The Morgan fingerprint density at radius 2 is 1.75 bits per heavy atom. The first kappa shape index (κ1) is 13.6. The van der Waals surface area contributed by atoms with Crippen LogP contribution < -0.4 is 0 Å². The van der Waals surface area contributed by atoms with Gasteiger partial charge in [-0.05, 0) is 48.7 Å². The van der Waals surface area contributed by atoms with Crippen LogP contribution in [0.2, 0.25) is 0 Å². The lowest BCUT2D eigenvalue weighted by atomic mass is 9.99. The molecule has 0 N–H and O–H groups in total. The standard InChI is InChI=1S/C13H17ClOS/c1-9-5-10(2)7-11(6-9)16-8-13(3,4)12(14)15/h5-7H,8H2,1-4H3. The molecule has 0 aliphatic heterocycles. The summed E-state index contributed by atoms with van der Waals surface area (Å²) < 4.78 is 0. The maximum Gasteiger partial charge on any atom is 0.228 e. The first-order chi connectivity index (χ1) is 7.31. The van der Waals surface area contributed by atoms with Gasteiger partial charge in [0.25, 0.3) is 0 Å². The molecule has 0 aromatic heterocycles. The average Bonchev–Trinajstić information content (AvgIpc) is 2.13. The van der Waals surface area contributed by atoms with Crippen molar-refractivity contribution >= 4 is 28.6 Å². The fourth-order valence-electron chi connectivity index (χ4n) is 1.34. The number of thioether (sulfide) groups is 1. The highest BCUT2D eigenvalue weighted by molar-refractivity contribution is 7.99. The van der Waals surface area contributed by atoms with Gasteiger partial charge >= 0.3 is 0 Å². The highest BCUT2D eigenvalue weighted by Crippen LogP contribution is 2.30. The predicted molar refractivity (Wildman–Crippen MR) is 71.3 cm³/mol. The molecule has 3 heteroatoms. The lowest BCUT2D eigenvalue weighted by molar-refractivity contribution is -0.117. The van der Waals surface area contributed by atoms with E-state index in [-0.39, 0.29) is 5.24 Å². The van der Waals surface area contributed by atoms with Gasteiger partial charge < -0.3 is 0 Å². The van der Waals surface area contributed by atoms with Gasteiger partial charge in [0, 0.05) is 16.1 Å². The molecule has 1 nitrogen and oxygen atoms in total. The van der Waals surface area contributed by atoms with Crippen LogP contribution in [0.3, 0.4) is 0 Å². The summed E-state index contributed by atoms with van der Waals surface area (Å²) in [4.78, 5) is 12.4. The topological polar surface area (TPSA) is 17.1 Å². The Labute approximate surface area is 107 Å². The molecular formula is C13H17ClOS. The van der Waals surface area contributed by atoms with E-state index in [1.807, 2.05) is 13.8 Å². The SMILES string of the molecule is Cc1cc(C)cc(SCC(C)(C)C(=O)Cl)c1. The molecule has 0 aliphatic carbocycles. The molecule has 0 unspecified atom stereocenters. The lowest BCUT2D eigenvalue weighted by Gasteiger charge is -2.18. The van der Waals surface area contributed by atoms with Crippen LogP contribution in [0.4, 0.5) is 0 Å². The van der Waals surface area contributed by atoms with Gasteiger partial charge in [-0.3, -0.25) is 4.79 Å². The van der Waals surface area contributed by atoms with Crippen molar-refractivity contribution in [3.8, 4) is 0 Å². The number of carbonyl (C=O) groups excluding carboxylic acids is 1. The average molecular weight is 257 g/mol. The second-order valence-corrected chi connectivity index (χ2v) is 6.16. The summed E-state index contributed by atoms with van der Waals surface area (Å²) >= 11 is 7.22. The summed E-state index contributed by atoms with van der Waals surface area (Å²) in [5, 5.41) is -0.274. The van der Waals surface area contributed by atoms with E-state index in [4.69, 9.17) is 11.6 Å². The monoisotopic (exact) mass is 256 g/mol. The highest BCUT2D eigenvalue weighted by atomic mass is 35.5. The molecule has 0 heterocycles. The van der Waals surface area contributed by atoms with Crippen molar-refractivity contribution in [3.05, 3.63) is 29.3 Å². The van der Waals surface area contributed by atoms with Gasteiger partial charge in [-0.1, -0.05) is 19.9 Å². The Kier molecular flexibility index (Phi) is 4.45. The van der Waals surface area contributed by atoms with Gasteiger partial charge in [0.1, 0.15) is 0 Å². The minimum Gasteiger partial charge on any atom is -0.281 e. The summed E-state index contributed by atoms with van der Waals surface area (Å²) in [5.74, 6) is 0.707. The highest BCUT2D eigenvalue weighted by Gasteiger charge is 2.25. The van der Waals surface area contributed by atoms with Crippen LogP contribution in [0, 0.1) is 19.3 Å². The van der Waals surface area contributed by atoms with E-state index in [1.54, 1.807) is 11.8 Å². The van der Waals surface area contributed by atoms with E-state index < -0.39 is 5.41 Å². The number of benzene rings is 1. The van der Waals surface area contributed by atoms with Crippen molar-refractivity contribution in [3.63, 3.8) is 0 Å². The lowest BCUT2D eigenvalue weighted by Crippen LogP contribution is -2.22. The van der Waals surface area contributed by atoms with E-state index in [1.165, 1.54) is 16.0 Å². The maximum absolute atomic E-state index is 11.2. The molecule has 0 bridgehead atoms. The molecule has 0 radical (unpaired) electrons. The number of carbonyl (C=O) groups is 1. The van der Waals surface area contributed by atoms with Gasteiger partial charge in [-0.15, -0.1) is 11.8 Å². The van der Waals surface area contributed by atoms with Gasteiger partial charge in [0.15, 0.2) is 0 Å². The number of rotatable bonds is 4. The zero-order valence-corrected chi connectivity index (χ0v) is 11.7. The zero-order chi connectivity index (χ0) is 12.3. The minimum atomic E-state index is -0.468. The van der Waals surface area contributed by atoms with Crippen molar-refractivity contribution in [1.29, 1.82) is 0 Å². The molecule has 16 heavy (non-hydrogen) atoms. The van der Waals surface area contributed by atoms with E-state index in [0.29, 0.717) is 5.75 Å². The number of hydrogen-bond acceptors (Lipinski definition) is 2. The molecule has 1 aromatic rings. The van der Waals surface area contributed by atoms with Crippen molar-refractivity contribution in [2.75, 3.05) is 5.75 Å². The van der Waals surface area contributed by atoms with Crippen LogP contribution in [0.1, 0.15) is 25.0 Å². The van der Waals surface area contributed by atoms with E-state index >= 15 is 0 Å². The molecule has 0 fully saturated rings. The van der Waals surface area contributed by atoms with Crippen LogP contribution in [0.15, 0.2) is 23.1 Å². The first-order valence-corrected chi connectivity index (χ1v) is 6.59. The van der Waals surface area contributed by atoms with Crippen molar-refractivity contribution in [2.45, 2.75) is 32.6 Å². The van der Waals surface area contributed by atoms with E-state index in [2.05, 4.69) is 32.0 Å². The quantitative estimate of drug-likeness (QED) is 0.594. The van der Waals surface area contributed by atoms with E-state index in [0.717, 1.165) is 0 Å².